The number of ether oxygens (including phenoxy) is 6. The van der Waals surface area contributed by atoms with Gasteiger partial charge in [0, 0.05) is 47.0 Å². The number of amides is 1. The number of aryl methyl sites for hydroxylation is 1. The lowest BCUT2D eigenvalue weighted by Crippen LogP contribution is -2.69. The van der Waals surface area contributed by atoms with Crippen LogP contribution >= 0.6 is 11.8 Å². The number of hydrogen-bond donors (Lipinski definition) is 2. The maximum absolute atomic E-state index is 13.6. The summed E-state index contributed by atoms with van der Waals surface area (Å²) in [6.45, 7) is 8.19. The normalized spacial score (nSPS) is 27.8. The maximum Gasteiger partial charge on any atom is 0.408 e. The number of piperazine rings is 1. The lowest BCUT2D eigenvalue weighted by atomic mass is 9.71. The molecule has 2 aromatic rings. The minimum atomic E-state index is -1.10. The van der Waals surface area contributed by atoms with E-state index in [-0.39, 0.29) is 37.6 Å². The number of carbonyl (C=O) groups is 3. The number of rotatable bonds is 5. The second-order valence-electron chi connectivity index (χ2n) is 13.0. The van der Waals surface area contributed by atoms with E-state index >= 15 is 0 Å². The number of aromatic hydroxyl groups is 1. The molecule has 2 N–H and O–H groups in total. The molecule has 50 heavy (non-hydrogen) atoms. The lowest BCUT2D eigenvalue weighted by molar-refractivity contribution is -0.151. The third-order valence-electron chi connectivity index (χ3n) is 10.3. The van der Waals surface area contributed by atoms with Crippen molar-refractivity contribution in [2.75, 3.05) is 39.9 Å². The Labute approximate surface area is 293 Å². The molecule has 2 saturated heterocycles. The number of nitrogens with zero attached hydrogens (tertiary/aromatic N) is 3. The van der Waals surface area contributed by atoms with Gasteiger partial charge in [0.2, 0.25) is 6.79 Å². The fourth-order valence-corrected chi connectivity index (χ4v) is 9.89. The van der Waals surface area contributed by atoms with E-state index in [1.54, 1.807) is 6.92 Å². The van der Waals surface area contributed by atoms with Gasteiger partial charge in [0.15, 0.2) is 23.0 Å². The minimum Gasteiger partial charge on any atom is -0.504 e. The van der Waals surface area contributed by atoms with E-state index in [9.17, 15) is 24.8 Å². The first-order valence-electron chi connectivity index (χ1n) is 16.3. The van der Waals surface area contributed by atoms with E-state index in [1.807, 2.05) is 20.0 Å². The molecule has 0 saturated carbocycles. The largest absolute Gasteiger partial charge is 0.504 e. The monoisotopic (exact) mass is 706 g/mol. The first kappa shape index (κ1) is 33.8. The Morgan fingerprint density at radius 2 is 1.96 bits per heavy atom. The van der Waals surface area contributed by atoms with Gasteiger partial charge in [0.25, 0.3) is 0 Å². The highest BCUT2D eigenvalue weighted by Gasteiger charge is 2.60. The highest BCUT2D eigenvalue weighted by molar-refractivity contribution is 7.99. The van der Waals surface area contributed by atoms with Crippen LogP contribution in [0.2, 0.25) is 0 Å². The molecule has 6 aliphatic rings. The van der Waals surface area contributed by atoms with Crippen molar-refractivity contribution in [3.63, 3.8) is 0 Å². The van der Waals surface area contributed by atoms with Crippen LogP contribution in [-0.4, -0.2) is 97.0 Å². The summed E-state index contributed by atoms with van der Waals surface area (Å²) in [7, 11) is 3.46. The van der Waals surface area contributed by atoms with E-state index in [4.69, 9.17) is 28.4 Å². The van der Waals surface area contributed by atoms with Gasteiger partial charge in [0.05, 0.1) is 30.5 Å². The van der Waals surface area contributed by atoms with Gasteiger partial charge >= 0.3 is 18.0 Å². The van der Waals surface area contributed by atoms with Crippen molar-refractivity contribution in [2.24, 2.45) is 0 Å². The van der Waals surface area contributed by atoms with Crippen LogP contribution in [0.1, 0.15) is 57.6 Å². The smallest absolute Gasteiger partial charge is 0.408 e. The van der Waals surface area contributed by atoms with Crippen LogP contribution in [0.15, 0.2) is 18.7 Å². The van der Waals surface area contributed by atoms with Crippen molar-refractivity contribution >= 4 is 29.8 Å². The van der Waals surface area contributed by atoms with Gasteiger partial charge in [-0.1, -0.05) is 18.7 Å². The fraction of sp³-hybridized carbons (Fsp3) is 0.486. The van der Waals surface area contributed by atoms with Crippen molar-refractivity contribution in [2.45, 2.75) is 68.7 Å². The zero-order valence-corrected chi connectivity index (χ0v) is 29.1. The Morgan fingerprint density at radius 3 is 2.66 bits per heavy atom. The first-order valence-corrected chi connectivity index (χ1v) is 17.3. The number of alkyl carbamates (subject to hydrolysis) is 1. The van der Waals surface area contributed by atoms with E-state index in [0.29, 0.717) is 51.7 Å². The van der Waals surface area contributed by atoms with E-state index in [2.05, 4.69) is 27.8 Å². The van der Waals surface area contributed by atoms with Crippen molar-refractivity contribution in [3.05, 3.63) is 52.1 Å². The molecule has 2 aromatic carbocycles. The Balaban J connectivity index is 1.49. The number of thioether (sulfide) groups is 1. The minimum absolute atomic E-state index is 0.0179. The summed E-state index contributed by atoms with van der Waals surface area (Å²) < 4.78 is 34.8. The van der Waals surface area contributed by atoms with Crippen LogP contribution in [0, 0.1) is 25.2 Å². The summed E-state index contributed by atoms with van der Waals surface area (Å²) in [5.41, 5.74) is 4.15. The van der Waals surface area contributed by atoms with Gasteiger partial charge in [0.1, 0.15) is 31.0 Å². The topological polar surface area (TPSA) is 169 Å². The molecule has 0 aliphatic carbocycles. The molecule has 0 spiro atoms. The molecule has 4 bridgehead atoms. The molecular weight excluding hydrogens is 668 g/mol. The Morgan fingerprint density at radius 1 is 1.20 bits per heavy atom. The molecule has 6 heterocycles. The van der Waals surface area contributed by atoms with E-state index in [1.165, 1.54) is 31.9 Å². The van der Waals surface area contributed by atoms with Crippen LogP contribution in [0.5, 0.6) is 28.7 Å². The molecule has 14 nitrogen and oxygen atoms in total. The number of methoxy groups -OCH3 is 1. The standard InChI is InChI=1S/C35H38N4O10S/c1-7-8-45-35(43)37-19-13-50-33-25-24(32-31(47-14-48-32)16(3)30(25)49-17(4)40)22(12-46-34(19)42)39-21(11-36)20-10-18-9-15(2)29(44-6)28(41)23(18)26(27(33)39)38(20)5/h7,9,19-22,26-27,33,41H,1,8,10,12-14H2,2-6H3,(H,37,43)/t19-,20-,21+,22+,26+,27?,33-/m1/s1. The fourth-order valence-electron chi connectivity index (χ4n) is 8.39. The van der Waals surface area contributed by atoms with Crippen LogP contribution < -0.4 is 24.3 Å². The third kappa shape index (κ3) is 5.11. The molecule has 15 heteroatoms. The van der Waals surface area contributed by atoms with Gasteiger partial charge in [-0.15, -0.1) is 11.8 Å². The zero-order valence-electron chi connectivity index (χ0n) is 28.3. The summed E-state index contributed by atoms with van der Waals surface area (Å²) in [6.07, 6.45) is 1.08. The Bertz CT molecular complexity index is 1840. The van der Waals surface area contributed by atoms with Crippen molar-refractivity contribution in [1.29, 1.82) is 5.26 Å². The molecule has 2 fully saturated rings. The number of esters is 2. The number of benzene rings is 2. The van der Waals surface area contributed by atoms with Gasteiger partial charge in [-0.25, -0.2) is 9.59 Å². The van der Waals surface area contributed by atoms with Gasteiger partial charge in [-0.3, -0.25) is 14.6 Å². The average Bonchev–Trinajstić information content (AvgIpc) is 3.57. The van der Waals surface area contributed by atoms with Crippen LogP contribution in [0.3, 0.4) is 0 Å². The summed E-state index contributed by atoms with van der Waals surface area (Å²) in [6, 6.07) is 0.661. The van der Waals surface area contributed by atoms with Crippen LogP contribution in [-0.2, 0) is 25.5 Å². The zero-order chi connectivity index (χ0) is 35.6. The molecule has 0 aromatic heterocycles. The third-order valence-corrected chi connectivity index (χ3v) is 11.7. The number of carbonyl (C=O) groups excluding carboxylic acids is 3. The highest BCUT2D eigenvalue weighted by atomic mass is 32.2. The van der Waals surface area contributed by atoms with Crippen molar-refractivity contribution in [1.82, 2.24) is 15.1 Å². The van der Waals surface area contributed by atoms with Crippen molar-refractivity contribution < 1.29 is 47.9 Å². The average molecular weight is 707 g/mol. The SMILES string of the molecule is C=CCOC(=O)N[C@@H]1CS[C@@H]2c3c(OC(C)=O)c(C)c4c(c3[C@H](COC1=O)N1C2[C@@H]2c3c(cc(C)c(OC)c3O)C[C@H]([C@@H]1C#N)N2C)OCO4. The summed E-state index contributed by atoms with van der Waals surface area (Å²) >= 11 is 1.34. The molecule has 1 amide bonds. The number of phenols is 1. The number of fused-ring (bicyclic) bond motifs is 10. The predicted molar refractivity (Wildman–Crippen MR) is 178 cm³/mol. The summed E-state index contributed by atoms with van der Waals surface area (Å²) in [5.74, 6) is 0.321. The second-order valence-corrected chi connectivity index (χ2v) is 14.1. The Hall–Kier alpha value is -4.65. The quantitative estimate of drug-likeness (QED) is 0.263. The second kappa shape index (κ2) is 12.9. The number of likely N-dealkylation sites (N-methyl/N-ethyl adjacent to an activating group) is 1. The van der Waals surface area contributed by atoms with Gasteiger partial charge in [-0.05, 0) is 38.4 Å². The Kier molecular flexibility index (Phi) is 8.73. The number of hydrogen-bond acceptors (Lipinski definition) is 14. The molecule has 264 valence electrons. The lowest BCUT2D eigenvalue weighted by Gasteiger charge is -2.61. The summed E-state index contributed by atoms with van der Waals surface area (Å²) in [5, 5.41) is 24.8. The number of nitrogens with one attached hydrogen (secondary N) is 1. The van der Waals surface area contributed by atoms with Crippen LogP contribution in [0.4, 0.5) is 4.79 Å². The number of nitriles is 1. The van der Waals surface area contributed by atoms with Gasteiger partial charge < -0.3 is 38.8 Å². The molecule has 1 unspecified atom stereocenters. The highest BCUT2D eigenvalue weighted by Crippen LogP contribution is 2.64. The predicted octanol–water partition coefficient (Wildman–Crippen LogP) is 3.51. The number of phenolic OH excluding ortho intramolecular Hbond substituents is 1. The van der Waals surface area contributed by atoms with E-state index < -0.39 is 53.5 Å². The molecule has 7 atom stereocenters. The molecule has 8 rings (SSSR count). The van der Waals surface area contributed by atoms with Gasteiger partial charge in [-0.2, -0.15) is 5.26 Å². The van der Waals surface area contributed by atoms with E-state index in [0.717, 1.165) is 11.1 Å². The molecule has 6 aliphatic heterocycles. The van der Waals surface area contributed by atoms with Crippen molar-refractivity contribution in [3.8, 4) is 34.8 Å². The molecule has 0 radical (unpaired) electrons. The maximum atomic E-state index is 13.6. The first-order chi connectivity index (χ1) is 24.0. The molecular formula is C35H38N4O10S. The van der Waals surface area contributed by atoms with Crippen LogP contribution in [0.25, 0.3) is 0 Å². The summed E-state index contributed by atoms with van der Waals surface area (Å²) in [4.78, 5) is 43.2.